The molecule has 0 spiro atoms. The molecule has 43 heavy (non-hydrogen) atoms. The number of rotatable bonds is 16. The van der Waals surface area contributed by atoms with E-state index in [-0.39, 0.29) is 6.61 Å². The Hall–Kier alpha value is -3.33. The largest absolute Gasteiger partial charge is 0.477 e. The fourth-order valence-corrected chi connectivity index (χ4v) is 5.45. The van der Waals surface area contributed by atoms with E-state index in [1.54, 1.807) is 24.3 Å². The van der Waals surface area contributed by atoms with E-state index in [1.165, 1.54) is 18.7 Å². The molecule has 12 nitrogen and oxygen atoms in total. The lowest BCUT2D eigenvalue weighted by Crippen LogP contribution is -2.68. The molecule has 13 heteroatoms. The number of benzene rings is 2. The van der Waals surface area contributed by atoms with Gasteiger partial charge in [0, 0.05) is 31.9 Å². The van der Waals surface area contributed by atoms with Crippen LogP contribution in [0, 0.1) is 0 Å². The van der Waals surface area contributed by atoms with E-state index in [1.807, 2.05) is 30.3 Å². The predicted molar refractivity (Wildman–Crippen MR) is 158 cm³/mol. The monoisotopic (exact) mass is 618 g/mol. The summed E-state index contributed by atoms with van der Waals surface area (Å²) in [5.41, 5.74) is 2.20. The molecule has 1 heterocycles. The van der Waals surface area contributed by atoms with Crippen molar-refractivity contribution in [1.29, 1.82) is 0 Å². The van der Waals surface area contributed by atoms with Gasteiger partial charge in [-0.15, -0.1) is 0 Å². The summed E-state index contributed by atoms with van der Waals surface area (Å²) in [5, 5.41) is 47.6. The maximum Gasteiger partial charge on any atom is 0.364 e. The minimum Gasteiger partial charge on any atom is -0.477 e. The number of thioether (sulfide) groups is 1. The minimum absolute atomic E-state index is 0.0671. The molecule has 6 atom stereocenters. The molecule has 0 unspecified atom stereocenters. The lowest BCUT2D eigenvalue weighted by molar-refractivity contribution is -0.310. The summed E-state index contributed by atoms with van der Waals surface area (Å²) in [4.78, 5) is 47.3. The van der Waals surface area contributed by atoms with Crippen LogP contribution in [0.3, 0.4) is 0 Å². The molecule has 1 saturated heterocycles. The van der Waals surface area contributed by atoms with Crippen LogP contribution in [0.5, 0.6) is 0 Å². The van der Waals surface area contributed by atoms with Crippen LogP contribution in [0.2, 0.25) is 0 Å². The highest BCUT2D eigenvalue weighted by Crippen LogP contribution is 2.34. The molecule has 0 aromatic heterocycles. The Kier molecular flexibility index (Phi) is 13.1. The van der Waals surface area contributed by atoms with Crippen molar-refractivity contribution >= 4 is 35.8 Å². The highest BCUT2D eigenvalue weighted by molar-refractivity contribution is 7.99. The van der Waals surface area contributed by atoms with Gasteiger partial charge in [0.05, 0.1) is 24.9 Å². The van der Waals surface area contributed by atoms with Gasteiger partial charge in [0.2, 0.25) is 5.91 Å². The average Bonchev–Trinajstić information content (AvgIpc) is 3.00. The van der Waals surface area contributed by atoms with Crippen LogP contribution in [-0.2, 0) is 23.9 Å². The number of carbonyl (C=O) groups is 4. The predicted octanol–water partition coefficient (Wildman–Crippen LogP) is 0.970. The summed E-state index contributed by atoms with van der Waals surface area (Å²) in [6.07, 6.45) is -5.56. The highest BCUT2D eigenvalue weighted by Gasteiger charge is 2.55. The number of carboxylic acids is 1. The molecule has 0 radical (unpaired) electrons. The van der Waals surface area contributed by atoms with Crippen molar-refractivity contribution in [3.63, 3.8) is 0 Å². The van der Waals surface area contributed by atoms with Crippen LogP contribution in [0.4, 0.5) is 0 Å². The van der Waals surface area contributed by atoms with Crippen LogP contribution in [0.15, 0.2) is 54.6 Å². The van der Waals surface area contributed by atoms with Gasteiger partial charge in [0.25, 0.3) is 11.7 Å². The van der Waals surface area contributed by atoms with E-state index in [2.05, 4.69) is 10.6 Å². The number of hydrogen-bond acceptors (Lipinski definition) is 10. The third-order valence-corrected chi connectivity index (χ3v) is 7.98. The first-order chi connectivity index (χ1) is 20.6. The molecule has 2 amide bonds. The second kappa shape index (κ2) is 16.5. The molecular formula is C30H38N2O10S. The van der Waals surface area contributed by atoms with Crippen molar-refractivity contribution < 1.29 is 49.1 Å². The number of aldehydes is 1. The van der Waals surface area contributed by atoms with E-state index < -0.39 is 67.0 Å². The van der Waals surface area contributed by atoms with E-state index in [0.29, 0.717) is 29.9 Å². The number of aliphatic hydroxyl groups excluding tert-OH is 3. The van der Waals surface area contributed by atoms with E-state index in [0.717, 1.165) is 17.4 Å². The van der Waals surface area contributed by atoms with Crippen molar-refractivity contribution in [1.82, 2.24) is 10.6 Å². The number of hydrogen-bond donors (Lipinski definition) is 6. The smallest absolute Gasteiger partial charge is 0.364 e. The standard InChI is InChI=1S/C30H38N2O10S/c1-19(34)32-25-23(35)17-30(29(39)40,41-14-6-16-43-15-5-13-33)42-27(25)26(37)24(36)18-31-28(38)22-11-9-21(10-12-22)20-7-3-2-4-8-20/h2-4,7-13,23-27,35-37H,5-6,14-18H2,1H3,(H,31,38)(H,32,34)(H,39,40)/t23-,24+,25+,26+,27+,30+/m0/s1. The summed E-state index contributed by atoms with van der Waals surface area (Å²) in [6, 6.07) is 15.1. The normalized spacial score (nSPS) is 23.1. The number of ether oxygens (including phenoxy) is 2. The second-order valence-electron chi connectivity index (χ2n) is 10.1. The molecule has 0 saturated carbocycles. The molecule has 1 aliphatic heterocycles. The SMILES string of the molecule is CC(=O)N[C@H]1[C@H]([C@H](O)[C@H](O)CNC(=O)c2ccc(-c3ccccc3)cc2)O[C@@](OCCCSCCC=O)(C(=O)O)C[C@@H]1O. The van der Waals surface area contributed by atoms with Crippen molar-refractivity contribution in [3.05, 3.63) is 60.2 Å². The fourth-order valence-electron chi connectivity index (χ4n) is 4.67. The number of aliphatic hydroxyl groups is 3. The van der Waals surface area contributed by atoms with Crippen molar-refractivity contribution in [2.75, 3.05) is 24.7 Å². The van der Waals surface area contributed by atoms with Crippen LogP contribution in [-0.4, -0.2) is 105 Å². The van der Waals surface area contributed by atoms with Crippen molar-refractivity contribution in [2.24, 2.45) is 0 Å². The Balaban J connectivity index is 1.66. The molecule has 1 aliphatic rings. The molecule has 2 aromatic carbocycles. The van der Waals surface area contributed by atoms with Gasteiger partial charge in [0.15, 0.2) is 0 Å². The summed E-state index contributed by atoms with van der Waals surface area (Å²) in [5.74, 6) is -3.83. The molecule has 2 aromatic rings. The quantitative estimate of drug-likeness (QED) is 0.116. The Labute approximate surface area is 253 Å². The molecule has 3 rings (SSSR count). The lowest BCUT2D eigenvalue weighted by atomic mass is 9.88. The van der Waals surface area contributed by atoms with Crippen LogP contribution >= 0.6 is 11.8 Å². The van der Waals surface area contributed by atoms with Crippen LogP contribution in [0.25, 0.3) is 11.1 Å². The summed E-state index contributed by atoms with van der Waals surface area (Å²) < 4.78 is 11.3. The minimum atomic E-state index is -2.36. The Bertz CT molecular complexity index is 1220. The van der Waals surface area contributed by atoms with Gasteiger partial charge < -0.3 is 45.3 Å². The van der Waals surface area contributed by atoms with E-state index >= 15 is 0 Å². The molecule has 234 valence electrons. The van der Waals surface area contributed by atoms with Crippen molar-refractivity contribution in [3.8, 4) is 11.1 Å². The maximum absolute atomic E-state index is 12.7. The van der Waals surface area contributed by atoms with Gasteiger partial charge in [-0.05, 0) is 41.2 Å². The van der Waals surface area contributed by atoms with Gasteiger partial charge in [0.1, 0.15) is 18.5 Å². The zero-order valence-corrected chi connectivity index (χ0v) is 24.6. The summed E-state index contributed by atoms with van der Waals surface area (Å²) in [7, 11) is 0. The number of nitrogens with one attached hydrogen (secondary N) is 2. The van der Waals surface area contributed by atoms with Gasteiger partial charge in [-0.1, -0.05) is 42.5 Å². The summed E-state index contributed by atoms with van der Waals surface area (Å²) in [6.45, 7) is 0.665. The molecule has 1 fully saturated rings. The first kappa shape index (κ1) is 34.2. The highest BCUT2D eigenvalue weighted by atomic mass is 32.2. The first-order valence-corrected chi connectivity index (χ1v) is 15.0. The third kappa shape index (κ3) is 9.58. The van der Waals surface area contributed by atoms with E-state index in [9.17, 15) is 39.6 Å². The van der Waals surface area contributed by atoms with Crippen LogP contribution in [0.1, 0.15) is 36.5 Å². The number of aliphatic carboxylic acids is 1. The van der Waals surface area contributed by atoms with Crippen molar-refractivity contribution in [2.45, 2.75) is 62.4 Å². The number of amides is 2. The Morgan fingerprint density at radius 1 is 1.09 bits per heavy atom. The Morgan fingerprint density at radius 3 is 2.40 bits per heavy atom. The molecule has 6 N–H and O–H groups in total. The average molecular weight is 619 g/mol. The molecule has 0 bridgehead atoms. The molecular weight excluding hydrogens is 580 g/mol. The fraction of sp³-hybridized carbons (Fsp3) is 0.467. The van der Waals surface area contributed by atoms with Gasteiger partial charge in [-0.2, -0.15) is 11.8 Å². The molecule has 0 aliphatic carbocycles. The summed E-state index contributed by atoms with van der Waals surface area (Å²) >= 11 is 1.49. The lowest BCUT2D eigenvalue weighted by Gasteiger charge is -2.46. The van der Waals surface area contributed by atoms with Gasteiger partial charge in [-0.3, -0.25) is 9.59 Å². The maximum atomic E-state index is 12.7. The zero-order valence-electron chi connectivity index (χ0n) is 23.8. The Morgan fingerprint density at radius 2 is 1.77 bits per heavy atom. The number of carbonyl (C=O) groups excluding carboxylic acids is 3. The number of carboxylic acid groups (broad SMARTS) is 1. The van der Waals surface area contributed by atoms with Gasteiger partial charge >= 0.3 is 5.97 Å². The van der Waals surface area contributed by atoms with Gasteiger partial charge in [-0.25, -0.2) is 4.79 Å². The topological polar surface area (TPSA) is 192 Å². The first-order valence-electron chi connectivity index (χ1n) is 13.9. The zero-order chi connectivity index (χ0) is 31.4. The van der Waals surface area contributed by atoms with E-state index in [4.69, 9.17) is 9.47 Å². The third-order valence-electron chi connectivity index (χ3n) is 6.87. The second-order valence-corrected chi connectivity index (χ2v) is 11.3. The van der Waals surface area contributed by atoms with Crippen LogP contribution < -0.4 is 10.6 Å².